The van der Waals surface area contributed by atoms with E-state index in [0.717, 1.165) is 43.6 Å². The van der Waals surface area contributed by atoms with Gasteiger partial charge in [0.15, 0.2) is 6.29 Å². The van der Waals surface area contributed by atoms with E-state index in [1.165, 1.54) is 57.8 Å². The molecular weight excluding hydrogens is 432 g/mol. The molecule has 1 aliphatic heterocycles. The minimum atomic E-state index is -0.0979. The number of ether oxygens (including phenoxy) is 2. The highest BCUT2D eigenvalue weighted by molar-refractivity contribution is 5.80. The summed E-state index contributed by atoms with van der Waals surface area (Å²) < 4.78 is 11.6. The van der Waals surface area contributed by atoms with Gasteiger partial charge in [-0.05, 0) is 105 Å². The number of Topliss-reactive ketones (excluding diaryl/α,β-unsaturated/α-hetero) is 1. The zero-order valence-electron chi connectivity index (χ0n) is 23.0. The molecule has 4 aliphatic carbocycles. The molecule has 35 heavy (non-hydrogen) atoms. The van der Waals surface area contributed by atoms with Crippen LogP contribution in [-0.2, 0) is 14.3 Å². The topological polar surface area (TPSA) is 35.5 Å². The monoisotopic (exact) mass is 482 g/mol. The minimum Gasteiger partial charge on any atom is -0.353 e. The molecule has 4 fully saturated rings. The maximum Gasteiger partial charge on any atom is 0.157 e. The second-order valence-electron chi connectivity index (χ2n) is 13.3. The Morgan fingerprint density at radius 2 is 1.89 bits per heavy atom. The summed E-state index contributed by atoms with van der Waals surface area (Å²) in [5.41, 5.74) is 4.39. The van der Waals surface area contributed by atoms with Crippen molar-refractivity contribution in [2.24, 2.45) is 40.4 Å². The first-order chi connectivity index (χ1) is 16.8. The smallest absolute Gasteiger partial charge is 0.157 e. The fourth-order valence-corrected chi connectivity index (χ4v) is 9.02. The number of fused-ring (bicyclic) bond motifs is 5. The van der Waals surface area contributed by atoms with Gasteiger partial charge in [0.05, 0.1) is 6.61 Å². The van der Waals surface area contributed by atoms with Gasteiger partial charge in [0.25, 0.3) is 0 Å². The number of hydrogen-bond acceptors (Lipinski definition) is 3. The van der Waals surface area contributed by atoms with E-state index in [0.29, 0.717) is 35.6 Å². The Morgan fingerprint density at radius 1 is 1.03 bits per heavy atom. The molecule has 1 heterocycles. The molecule has 0 radical (unpaired) electrons. The summed E-state index contributed by atoms with van der Waals surface area (Å²) in [4.78, 5) is 12.9. The van der Waals surface area contributed by atoms with Crippen LogP contribution in [0.25, 0.3) is 0 Å². The quantitative estimate of drug-likeness (QED) is 0.351. The van der Waals surface area contributed by atoms with Gasteiger partial charge in [-0.1, -0.05) is 57.4 Å². The summed E-state index contributed by atoms with van der Waals surface area (Å²) in [6.45, 7) is 11.0. The van der Waals surface area contributed by atoms with Gasteiger partial charge in [0.1, 0.15) is 5.78 Å². The van der Waals surface area contributed by atoms with E-state index in [-0.39, 0.29) is 12.2 Å². The zero-order chi connectivity index (χ0) is 24.6. The second-order valence-corrected chi connectivity index (χ2v) is 13.3. The van der Waals surface area contributed by atoms with E-state index < -0.39 is 0 Å². The molecule has 3 nitrogen and oxygen atoms in total. The van der Waals surface area contributed by atoms with Gasteiger partial charge in [-0.3, -0.25) is 4.79 Å². The van der Waals surface area contributed by atoms with Gasteiger partial charge >= 0.3 is 0 Å². The third kappa shape index (κ3) is 4.86. The second kappa shape index (κ2) is 10.4. The lowest BCUT2D eigenvalue weighted by Gasteiger charge is -2.54. The molecule has 3 saturated carbocycles. The van der Waals surface area contributed by atoms with Gasteiger partial charge in [0, 0.05) is 18.9 Å². The Balaban J connectivity index is 1.17. The maximum atomic E-state index is 12.9. The number of rotatable bonds is 8. The lowest BCUT2D eigenvalue weighted by molar-refractivity contribution is -0.170. The zero-order valence-corrected chi connectivity index (χ0v) is 23.0. The third-order valence-corrected chi connectivity index (χ3v) is 11.3. The third-order valence-electron chi connectivity index (χ3n) is 11.3. The minimum absolute atomic E-state index is 0.0281. The molecule has 0 N–H and O–H groups in total. The van der Waals surface area contributed by atoms with Crippen LogP contribution in [0.2, 0.25) is 0 Å². The van der Waals surface area contributed by atoms with Crippen molar-refractivity contribution < 1.29 is 14.3 Å². The van der Waals surface area contributed by atoms with Crippen LogP contribution >= 0.6 is 0 Å². The first kappa shape index (κ1) is 25.7. The van der Waals surface area contributed by atoms with Crippen molar-refractivity contribution in [3.63, 3.8) is 0 Å². The fourth-order valence-electron chi connectivity index (χ4n) is 9.02. The van der Waals surface area contributed by atoms with Crippen molar-refractivity contribution in [2.45, 2.75) is 117 Å². The number of hydrogen-bond donors (Lipinski definition) is 0. The molecule has 0 aromatic carbocycles. The first-order valence-corrected chi connectivity index (χ1v) is 15.0. The van der Waals surface area contributed by atoms with Crippen LogP contribution in [0.15, 0.2) is 23.3 Å². The van der Waals surface area contributed by atoms with E-state index >= 15 is 0 Å². The molecule has 2 unspecified atom stereocenters. The lowest BCUT2D eigenvalue weighted by atomic mass is 9.50. The van der Waals surface area contributed by atoms with Crippen LogP contribution in [0.1, 0.15) is 111 Å². The van der Waals surface area contributed by atoms with Gasteiger partial charge in [0.2, 0.25) is 0 Å². The molecular formula is C32H50O3. The Hall–Kier alpha value is -0.930. The summed E-state index contributed by atoms with van der Waals surface area (Å²) in [7, 11) is 0. The Labute approximate surface area is 214 Å². The molecule has 0 aromatic heterocycles. The number of allylic oxidation sites excluding steroid dienone is 4. The maximum absolute atomic E-state index is 12.9. The van der Waals surface area contributed by atoms with Crippen molar-refractivity contribution in [1.29, 1.82) is 0 Å². The summed E-state index contributed by atoms with van der Waals surface area (Å²) in [5.74, 6) is 3.23. The summed E-state index contributed by atoms with van der Waals surface area (Å²) >= 11 is 0. The van der Waals surface area contributed by atoms with Crippen LogP contribution < -0.4 is 0 Å². The molecule has 5 rings (SSSR count). The average Bonchev–Trinajstić information content (AvgIpc) is 3.23. The number of ketones is 1. The first-order valence-electron chi connectivity index (χ1n) is 15.0. The molecule has 5 aliphatic rings. The van der Waals surface area contributed by atoms with Gasteiger partial charge in [-0.15, -0.1) is 0 Å². The molecule has 0 spiro atoms. The van der Waals surface area contributed by atoms with Crippen LogP contribution in [0.5, 0.6) is 0 Å². The molecule has 196 valence electrons. The van der Waals surface area contributed by atoms with E-state index in [1.807, 2.05) is 6.92 Å². The highest BCUT2D eigenvalue weighted by Crippen LogP contribution is 2.66. The SMILES string of the molecule is CC(COC1CCCCO1)C(=O)CC[C@@H](C)[C@H]1CC[C@H]2C3=CC=C4CCCC[C@]4(C)[C@H]3CC[C@]12C. The van der Waals surface area contributed by atoms with Crippen molar-refractivity contribution in [3.8, 4) is 0 Å². The molecule has 8 atom stereocenters. The van der Waals surface area contributed by atoms with E-state index in [1.54, 1.807) is 11.1 Å². The molecule has 0 amide bonds. The predicted octanol–water partition coefficient (Wildman–Crippen LogP) is 8.04. The molecule has 3 heteroatoms. The average molecular weight is 483 g/mol. The van der Waals surface area contributed by atoms with Crippen LogP contribution in [-0.4, -0.2) is 25.3 Å². The van der Waals surface area contributed by atoms with Crippen molar-refractivity contribution in [3.05, 3.63) is 23.3 Å². The highest BCUT2D eigenvalue weighted by Gasteiger charge is 2.56. The Bertz CT molecular complexity index is 836. The Morgan fingerprint density at radius 3 is 2.69 bits per heavy atom. The van der Waals surface area contributed by atoms with Crippen LogP contribution in [0, 0.1) is 40.4 Å². The van der Waals surface area contributed by atoms with Gasteiger partial charge < -0.3 is 9.47 Å². The standard InChI is InChI=1S/C32H50O3/c1-22(11-16-29(33)23(2)21-35-30-10-6-8-20-34-30)26-14-15-27-25-13-12-24-9-5-7-18-31(24,3)28(25)17-19-32(26,27)4/h12-13,22-23,26-28,30H,5-11,14-21H2,1-4H3/t22-,23?,26-,27+,28+,30?,31+,32-/m1/s1. The lowest BCUT2D eigenvalue weighted by Crippen LogP contribution is -2.45. The molecule has 0 bridgehead atoms. The summed E-state index contributed by atoms with van der Waals surface area (Å²) in [6.07, 6.45) is 20.9. The van der Waals surface area contributed by atoms with Crippen molar-refractivity contribution in [1.82, 2.24) is 0 Å². The van der Waals surface area contributed by atoms with Crippen LogP contribution in [0.4, 0.5) is 0 Å². The van der Waals surface area contributed by atoms with E-state index in [2.05, 4.69) is 32.9 Å². The summed E-state index contributed by atoms with van der Waals surface area (Å²) in [6, 6.07) is 0. The number of carbonyl (C=O) groups is 1. The normalized spacial score (nSPS) is 40.6. The number of carbonyl (C=O) groups excluding carboxylic acids is 1. The summed E-state index contributed by atoms with van der Waals surface area (Å²) in [5, 5.41) is 0. The van der Waals surface area contributed by atoms with Crippen molar-refractivity contribution >= 4 is 5.78 Å². The predicted molar refractivity (Wildman–Crippen MR) is 142 cm³/mol. The van der Waals surface area contributed by atoms with E-state index in [4.69, 9.17) is 9.47 Å². The van der Waals surface area contributed by atoms with Gasteiger partial charge in [-0.2, -0.15) is 0 Å². The fraction of sp³-hybridized carbons (Fsp3) is 0.844. The largest absolute Gasteiger partial charge is 0.353 e. The van der Waals surface area contributed by atoms with Crippen LogP contribution in [0.3, 0.4) is 0 Å². The van der Waals surface area contributed by atoms with Gasteiger partial charge in [-0.25, -0.2) is 0 Å². The molecule has 0 aromatic rings. The molecule has 1 saturated heterocycles. The van der Waals surface area contributed by atoms with E-state index in [9.17, 15) is 4.79 Å². The highest BCUT2D eigenvalue weighted by atomic mass is 16.7. The Kier molecular flexibility index (Phi) is 7.67. The van der Waals surface area contributed by atoms with Crippen molar-refractivity contribution in [2.75, 3.05) is 13.2 Å².